The second kappa shape index (κ2) is 6.16. The predicted molar refractivity (Wildman–Crippen MR) is 78.9 cm³/mol. The normalized spacial score (nSPS) is 10.3. The second-order valence-corrected chi connectivity index (χ2v) is 5.91. The number of halogens is 2. The number of nitrogens with zero attached hydrogens (tertiary/aromatic N) is 1. The summed E-state index contributed by atoms with van der Waals surface area (Å²) in [6.45, 7) is 0.483. The Bertz CT molecular complexity index is 588. The Morgan fingerprint density at radius 1 is 1.47 bits per heavy atom. The average molecular weight is 343 g/mol. The number of nitrogens with one attached hydrogen (secondary N) is 1. The van der Waals surface area contributed by atoms with Gasteiger partial charge in [0.2, 0.25) is 0 Å². The quantitative estimate of drug-likeness (QED) is 0.885. The van der Waals surface area contributed by atoms with E-state index in [1.54, 1.807) is 30.5 Å². The van der Waals surface area contributed by atoms with E-state index in [9.17, 15) is 9.18 Å². The number of hydrogen-bond donors (Lipinski definition) is 1. The molecule has 19 heavy (non-hydrogen) atoms. The van der Waals surface area contributed by atoms with Gasteiger partial charge in [0.25, 0.3) is 0 Å². The summed E-state index contributed by atoms with van der Waals surface area (Å²) in [4.78, 5) is 14.5. The van der Waals surface area contributed by atoms with Gasteiger partial charge in [0.1, 0.15) is 5.82 Å². The van der Waals surface area contributed by atoms with Crippen LogP contribution in [0.25, 0.3) is 0 Å². The van der Waals surface area contributed by atoms with Gasteiger partial charge in [-0.1, -0.05) is 12.1 Å². The molecule has 100 valence electrons. The highest BCUT2D eigenvalue weighted by Gasteiger charge is 2.12. The minimum absolute atomic E-state index is 0.187. The molecule has 1 aromatic heterocycles. The molecule has 0 aliphatic rings. The molecule has 0 aliphatic heterocycles. The lowest BCUT2D eigenvalue weighted by molar-refractivity contribution is 0.221. The number of anilines is 1. The monoisotopic (exact) mass is 342 g/mol. The Kier molecular flexibility index (Phi) is 4.55. The van der Waals surface area contributed by atoms with Crippen molar-refractivity contribution in [3.8, 4) is 0 Å². The fourth-order valence-electron chi connectivity index (χ4n) is 1.52. The largest absolute Gasteiger partial charge is 0.322 e. The van der Waals surface area contributed by atoms with Crippen LogP contribution in [0.5, 0.6) is 0 Å². The van der Waals surface area contributed by atoms with E-state index in [2.05, 4.69) is 21.2 Å². The van der Waals surface area contributed by atoms with Crippen LogP contribution in [0, 0.1) is 5.82 Å². The third-order valence-electron chi connectivity index (χ3n) is 2.48. The lowest BCUT2D eigenvalue weighted by Crippen LogP contribution is -2.30. The molecule has 0 saturated carbocycles. The van der Waals surface area contributed by atoms with Crippen LogP contribution in [0.3, 0.4) is 0 Å². The van der Waals surface area contributed by atoms with E-state index >= 15 is 0 Å². The minimum Gasteiger partial charge on any atom is -0.322 e. The number of rotatable bonds is 3. The zero-order chi connectivity index (χ0) is 13.8. The molecule has 2 rings (SSSR count). The van der Waals surface area contributed by atoms with Gasteiger partial charge in [-0.2, -0.15) is 0 Å². The zero-order valence-electron chi connectivity index (χ0n) is 10.2. The highest BCUT2D eigenvalue weighted by atomic mass is 79.9. The van der Waals surface area contributed by atoms with Gasteiger partial charge in [-0.15, -0.1) is 11.3 Å². The molecule has 2 amide bonds. The van der Waals surface area contributed by atoms with Crippen molar-refractivity contribution < 1.29 is 9.18 Å². The summed E-state index contributed by atoms with van der Waals surface area (Å²) in [6.07, 6.45) is 0. The van der Waals surface area contributed by atoms with Crippen LogP contribution in [0.4, 0.5) is 14.9 Å². The fraction of sp³-hybridized carbons (Fsp3) is 0.154. The van der Waals surface area contributed by atoms with Crippen molar-refractivity contribution in [3.05, 3.63) is 50.9 Å². The van der Waals surface area contributed by atoms with Crippen LogP contribution in [0.15, 0.2) is 40.2 Å². The SMILES string of the molecule is CN(Cc1cc(Br)cs1)C(=O)Nc1ccccc1F. The van der Waals surface area contributed by atoms with Crippen LogP contribution in [0.1, 0.15) is 4.88 Å². The molecule has 3 nitrogen and oxygen atoms in total. The third kappa shape index (κ3) is 3.78. The number of benzene rings is 1. The van der Waals surface area contributed by atoms with E-state index in [1.165, 1.54) is 17.0 Å². The van der Waals surface area contributed by atoms with Gasteiger partial charge in [-0.05, 0) is 34.1 Å². The number of carbonyl (C=O) groups is 1. The van der Waals surface area contributed by atoms with Crippen molar-refractivity contribution in [2.24, 2.45) is 0 Å². The van der Waals surface area contributed by atoms with Crippen LogP contribution >= 0.6 is 27.3 Å². The summed E-state index contributed by atoms with van der Waals surface area (Å²) in [6, 6.07) is 7.72. The standard InChI is InChI=1S/C13H12BrFN2OS/c1-17(7-10-6-9(14)8-19-10)13(18)16-12-5-3-2-4-11(12)15/h2-6,8H,7H2,1H3,(H,16,18). The first-order valence-corrected chi connectivity index (χ1v) is 7.23. The van der Waals surface area contributed by atoms with Gasteiger partial charge in [0, 0.05) is 21.8 Å². The maximum absolute atomic E-state index is 13.4. The smallest absolute Gasteiger partial charge is 0.321 e. The molecule has 0 atom stereocenters. The number of para-hydroxylation sites is 1. The Morgan fingerprint density at radius 2 is 2.21 bits per heavy atom. The molecule has 1 N–H and O–H groups in total. The minimum atomic E-state index is -0.442. The van der Waals surface area contributed by atoms with E-state index in [1.807, 2.05) is 11.4 Å². The lowest BCUT2D eigenvalue weighted by atomic mass is 10.3. The van der Waals surface area contributed by atoms with Gasteiger partial charge in [-0.25, -0.2) is 9.18 Å². The predicted octanol–water partition coefficient (Wildman–Crippen LogP) is 4.31. The Labute approximate surface area is 123 Å². The topological polar surface area (TPSA) is 32.3 Å². The molecule has 0 unspecified atom stereocenters. The van der Waals surface area contributed by atoms with Crippen LogP contribution in [-0.2, 0) is 6.54 Å². The Balaban J connectivity index is 1.98. The highest BCUT2D eigenvalue weighted by molar-refractivity contribution is 9.10. The van der Waals surface area contributed by atoms with Crippen molar-refractivity contribution in [3.63, 3.8) is 0 Å². The molecule has 2 aromatic rings. The van der Waals surface area contributed by atoms with Crippen molar-refractivity contribution in [1.82, 2.24) is 4.90 Å². The highest BCUT2D eigenvalue weighted by Crippen LogP contribution is 2.21. The van der Waals surface area contributed by atoms with E-state index < -0.39 is 5.82 Å². The van der Waals surface area contributed by atoms with Gasteiger partial charge in [0.15, 0.2) is 0 Å². The summed E-state index contributed by atoms with van der Waals surface area (Å²) >= 11 is 4.93. The molecule has 0 spiro atoms. The molecule has 0 fully saturated rings. The molecule has 0 saturated heterocycles. The first kappa shape index (κ1) is 14.0. The van der Waals surface area contributed by atoms with Crippen LogP contribution in [-0.4, -0.2) is 18.0 Å². The van der Waals surface area contributed by atoms with Crippen molar-refractivity contribution in [2.75, 3.05) is 12.4 Å². The van der Waals surface area contributed by atoms with E-state index in [-0.39, 0.29) is 11.7 Å². The fourth-order valence-corrected chi connectivity index (χ4v) is 3.02. The van der Waals surface area contributed by atoms with E-state index in [0.29, 0.717) is 6.54 Å². The van der Waals surface area contributed by atoms with Gasteiger partial charge in [-0.3, -0.25) is 0 Å². The van der Waals surface area contributed by atoms with Crippen molar-refractivity contribution in [1.29, 1.82) is 0 Å². The maximum Gasteiger partial charge on any atom is 0.321 e. The van der Waals surface area contributed by atoms with Crippen LogP contribution in [0.2, 0.25) is 0 Å². The molecule has 0 bridgehead atoms. The van der Waals surface area contributed by atoms with Crippen molar-refractivity contribution in [2.45, 2.75) is 6.54 Å². The summed E-state index contributed by atoms with van der Waals surface area (Å²) in [5, 5.41) is 4.50. The number of thiophene rings is 1. The van der Waals surface area contributed by atoms with Crippen molar-refractivity contribution >= 4 is 39.0 Å². The number of amides is 2. The molecule has 1 aromatic carbocycles. The van der Waals surface area contributed by atoms with Crippen LogP contribution < -0.4 is 5.32 Å². The number of carbonyl (C=O) groups excluding carboxylic acids is 1. The first-order valence-electron chi connectivity index (χ1n) is 5.56. The van der Waals surface area contributed by atoms with E-state index in [4.69, 9.17) is 0 Å². The zero-order valence-corrected chi connectivity index (χ0v) is 12.6. The van der Waals surface area contributed by atoms with Gasteiger partial charge < -0.3 is 10.2 Å². The summed E-state index contributed by atoms with van der Waals surface area (Å²) in [7, 11) is 1.67. The van der Waals surface area contributed by atoms with Gasteiger partial charge in [0.05, 0.1) is 12.2 Å². The molecular weight excluding hydrogens is 331 g/mol. The summed E-state index contributed by atoms with van der Waals surface area (Å²) in [5.41, 5.74) is 0.187. The summed E-state index contributed by atoms with van der Waals surface area (Å²) in [5.74, 6) is -0.442. The summed E-state index contributed by atoms with van der Waals surface area (Å²) < 4.78 is 14.4. The first-order chi connectivity index (χ1) is 9.06. The lowest BCUT2D eigenvalue weighted by Gasteiger charge is -2.17. The molecular formula is C13H12BrFN2OS. The number of hydrogen-bond acceptors (Lipinski definition) is 2. The third-order valence-corrected chi connectivity index (χ3v) is 4.16. The molecule has 1 heterocycles. The maximum atomic E-state index is 13.4. The number of urea groups is 1. The van der Waals surface area contributed by atoms with Gasteiger partial charge >= 0.3 is 6.03 Å². The molecule has 6 heteroatoms. The Hall–Kier alpha value is -1.40. The van der Waals surface area contributed by atoms with E-state index in [0.717, 1.165) is 9.35 Å². The average Bonchev–Trinajstić information content (AvgIpc) is 2.77. The second-order valence-electron chi connectivity index (χ2n) is 4.00. The molecule has 0 aliphatic carbocycles. The molecule has 0 radical (unpaired) electrons. The Morgan fingerprint density at radius 3 is 2.84 bits per heavy atom.